The van der Waals surface area contributed by atoms with E-state index in [-0.39, 0.29) is 31.0 Å². The monoisotopic (exact) mass is 445 g/mol. The van der Waals surface area contributed by atoms with E-state index in [4.69, 9.17) is 19.9 Å². The number of ketones is 2. The number of nitrogens with one attached hydrogen (secondary N) is 1. The number of carbonyl (C=O) groups excluding carboxylic acids is 3. The Morgan fingerprint density at radius 3 is 2.53 bits per heavy atom. The van der Waals surface area contributed by atoms with Gasteiger partial charge in [0.25, 0.3) is 5.56 Å². The second-order valence-corrected chi connectivity index (χ2v) is 7.04. The van der Waals surface area contributed by atoms with Crippen LogP contribution < -0.4 is 26.5 Å². The van der Waals surface area contributed by atoms with E-state index in [9.17, 15) is 24.0 Å². The Balaban J connectivity index is 1.57. The zero-order valence-corrected chi connectivity index (χ0v) is 17.5. The van der Waals surface area contributed by atoms with Gasteiger partial charge in [-0.1, -0.05) is 6.92 Å². The summed E-state index contributed by atoms with van der Waals surface area (Å²) in [6.45, 7) is 2.08. The van der Waals surface area contributed by atoms with E-state index in [0.29, 0.717) is 36.7 Å². The number of aromatic amines is 1. The molecule has 1 aromatic carbocycles. The van der Waals surface area contributed by atoms with Crippen LogP contribution in [0.5, 0.6) is 11.5 Å². The Morgan fingerprint density at radius 2 is 1.81 bits per heavy atom. The van der Waals surface area contributed by atoms with E-state index in [0.717, 1.165) is 4.57 Å². The summed E-state index contributed by atoms with van der Waals surface area (Å²) < 4.78 is 16.8. The number of carbonyl (C=O) groups is 3. The SMILES string of the molecule is CCCn1c(N)c(C(=O)COC(=O)CCC(=O)c2ccc3c(c2)OCCO3)c(=O)[nH]c1=O. The standard InChI is InChI=1S/C21H23N3O8/c1-2-7-24-19(22)18(20(28)23-21(24)29)14(26)11-32-17(27)6-4-13(25)12-3-5-15-16(10-12)31-9-8-30-15/h3,5,10H,2,4,6-9,11,22H2,1H3,(H,23,28,29). The first-order valence-corrected chi connectivity index (χ1v) is 10.1. The van der Waals surface area contributed by atoms with Crippen LogP contribution in [0.3, 0.4) is 0 Å². The van der Waals surface area contributed by atoms with E-state index in [1.165, 1.54) is 0 Å². The van der Waals surface area contributed by atoms with Crippen molar-refractivity contribution in [1.82, 2.24) is 9.55 Å². The first-order valence-electron chi connectivity index (χ1n) is 10.1. The average Bonchev–Trinajstić information content (AvgIpc) is 2.78. The molecule has 0 atom stereocenters. The summed E-state index contributed by atoms with van der Waals surface area (Å²) in [5.74, 6) is -1.22. The van der Waals surface area contributed by atoms with Crippen LogP contribution in [-0.2, 0) is 16.1 Å². The molecular weight excluding hydrogens is 422 g/mol. The maximum absolute atomic E-state index is 12.4. The quantitative estimate of drug-likeness (QED) is 0.418. The fraction of sp³-hybridized carbons (Fsp3) is 0.381. The Kier molecular flexibility index (Phi) is 7.08. The maximum Gasteiger partial charge on any atom is 0.329 e. The lowest BCUT2D eigenvalue weighted by Gasteiger charge is -2.18. The van der Waals surface area contributed by atoms with E-state index in [1.54, 1.807) is 25.1 Å². The van der Waals surface area contributed by atoms with Crippen LogP contribution in [0.1, 0.15) is 46.9 Å². The second-order valence-electron chi connectivity index (χ2n) is 7.04. The lowest BCUT2D eigenvalue weighted by atomic mass is 10.1. The third-order valence-corrected chi connectivity index (χ3v) is 4.75. The second kappa shape index (κ2) is 9.94. The summed E-state index contributed by atoms with van der Waals surface area (Å²) in [5, 5.41) is 0. The minimum Gasteiger partial charge on any atom is -0.486 e. The summed E-state index contributed by atoms with van der Waals surface area (Å²) in [4.78, 5) is 62.6. The molecule has 0 spiro atoms. The molecule has 0 unspecified atom stereocenters. The van der Waals surface area contributed by atoms with Crippen molar-refractivity contribution < 1.29 is 28.6 Å². The lowest BCUT2D eigenvalue weighted by molar-refractivity contribution is -0.142. The summed E-state index contributed by atoms with van der Waals surface area (Å²) in [7, 11) is 0. The summed E-state index contributed by atoms with van der Waals surface area (Å²) in [6, 6.07) is 4.75. The van der Waals surface area contributed by atoms with Gasteiger partial charge < -0.3 is 19.9 Å². The van der Waals surface area contributed by atoms with Crippen molar-refractivity contribution in [3.05, 3.63) is 50.2 Å². The van der Waals surface area contributed by atoms with Crippen molar-refractivity contribution in [1.29, 1.82) is 0 Å². The lowest BCUT2D eigenvalue weighted by Crippen LogP contribution is -2.37. The molecule has 0 saturated carbocycles. The highest BCUT2D eigenvalue weighted by Crippen LogP contribution is 2.31. The number of nitrogen functional groups attached to an aromatic ring is 1. The molecule has 2 heterocycles. The van der Waals surface area contributed by atoms with Crippen molar-refractivity contribution in [3.63, 3.8) is 0 Å². The molecule has 3 rings (SSSR count). The van der Waals surface area contributed by atoms with Crippen molar-refractivity contribution in [2.45, 2.75) is 32.7 Å². The van der Waals surface area contributed by atoms with Gasteiger partial charge in [-0.15, -0.1) is 0 Å². The van der Waals surface area contributed by atoms with E-state index in [1.807, 2.05) is 4.98 Å². The summed E-state index contributed by atoms with van der Waals surface area (Å²) >= 11 is 0. The van der Waals surface area contributed by atoms with Crippen LogP contribution >= 0.6 is 0 Å². The van der Waals surface area contributed by atoms with Gasteiger partial charge in [-0.25, -0.2) is 4.79 Å². The molecule has 2 aromatic rings. The van der Waals surface area contributed by atoms with Gasteiger partial charge in [0, 0.05) is 18.5 Å². The fourth-order valence-corrected chi connectivity index (χ4v) is 3.17. The predicted octanol–water partition coefficient (Wildman–Crippen LogP) is 0.689. The van der Waals surface area contributed by atoms with Gasteiger partial charge in [-0.05, 0) is 24.6 Å². The van der Waals surface area contributed by atoms with Crippen molar-refractivity contribution in [2.24, 2.45) is 0 Å². The number of ether oxygens (including phenoxy) is 3. The number of nitrogens with two attached hydrogens (primary N) is 1. The molecule has 0 amide bonds. The van der Waals surface area contributed by atoms with Gasteiger partial charge in [0.1, 0.15) is 24.6 Å². The average molecular weight is 445 g/mol. The number of nitrogens with zero attached hydrogens (tertiary/aromatic N) is 1. The molecule has 3 N–H and O–H groups in total. The number of anilines is 1. The van der Waals surface area contributed by atoms with Gasteiger partial charge in [0.05, 0.1) is 6.42 Å². The van der Waals surface area contributed by atoms with Crippen LogP contribution in [0.15, 0.2) is 27.8 Å². The molecule has 0 saturated heterocycles. The first-order chi connectivity index (χ1) is 15.3. The molecule has 32 heavy (non-hydrogen) atoms. The molecule has 0 aliphatic carbocycles. The number of fused-ring (bicyclic) bond motifs is 1. The van der Waals surface area contributed by atoms with Crippen molar-refractivity contribution >= 4 is 23.4 Å². The third-order valence-electron chi connectivity index (χ3n) is 4.75. The summed E-state index contributed by atoms with van der Waals surface area (Å²) in [6.07, 6.45) is 0.147. The molecule has 0 radical (unpaired) electrons. The molecular formula is C21H23N3O8. The fourth-order valence-electron chi connectivity index (χ4n) is 3.17. The molecule has 170 valence electrons. The highest BCUT2D eigenvalue weighted by atomic mass is 16.6. The number of rotatable bonds is 9. The Morgan fingerprint density at radius 1 is 1.09 bits per heavy atom. The smallest absolute Gasteiger partial charge is 0.329 e. The molecule has 11 heteroatoms. The van der Waals surface area contributed by atoms with Gasteiger partial charge in [0.15, 0.2) is 23.9 Å². The first kappa shape index (κ1) is 22.8. The normalized spacial score (nSPS) is 12.3. The molecule has 1 aliphatic rings. The van der Waals surface area contributed by atoms with E-state index >= 15 is 0 Å². The van der Waals surface area contributed by atoms with Crippen LogP contribution in [-0.4, -0.2) is 46.9 Å². The van der Waals surface area contributed by atoms with Gasteiger partial charge >= 0.3 is 11.7 Å². The van der Waals surface area contributed by atoms with Gasteiger partial charge in [0.2, 0.25) is 5.78 Å². The van der Waals surface area contributed by atoms with E-state index < -0.39 is 35.2 Å². The van der Waals surface area contributed by atoms with Crippen molar-refractivity contribution in [2.75, 3.05) is 25.6 Å². The molecule has 11 nitrogen and oxygen atoms in total. The topological polar surface area (TPSA) is 160 Å². The molecule has 0 fully saturated rings. The van der Waals surface area contributed by atoms with Crippen molar-refractivity contribution in [3.8, 4) is 11.5 Å². The zero-order chi connectivity index (χ0) is 23.3. The minimum atomic E-state index is -0.949. The number of benzene rings is 1. The Bertz CT molecular complexity index is 1160. The molecule has 1 aromatic heterocycles. The highest BCUT2D eigenvalue weighted by Gasteiger charge is 2.21. The number of esters is 1. The molecule has 0 bridgehead atoms. The maximum atomic E-state index is 12.4. The third kappa shape index (κ3) is 5.05. The summed E-state index contributed by atoms with van der Waals surface area (Å²) in [5.41, 5.74) is 4.05. The van der Waals surface area contributed by atoms with Crippen LogP contribution in [0, 0.1) is 0 Å². The Hall–Kier alpha value is -3.89. The predicted molar refractivity (Wildman–Crippen MR) is 112 cm³/mol. The largest absolute Gasteiger partial charge is 0.486 e. The number of hydrogen-bond acceptors (Lipinski definition) is 9. The highest BCUT2D eigenvalue weighted by molar-refractivity contribution is 6.01. The number of H-pyrrole nitrogens is 1. The minimum absolute atomic E-state index is 0.142. The van der Waals surface area contributed by atoms with Crippen LogP contribution in [0.2, 0.25) is 0 Å². The van der Waals surface area contributed by atoms with Gasteiger partial charge in [-0.3, -0.25) is 28.7 Å². The number of Topliss-reactive ketones (excluding diaryl/α,β-unsaturated/α-hetero) is 2. The zero-order valence-electron chi connectivity index (χ0n) is 17.5. The van der Waals surface area contributed by atoms with Crippen LogP contribution in [0.25, 0.3) is 0 Å². The molecule has 1 aliphatic heterocycles. The number of aromatic nitrogens is 2. The Labute approximate surface area is 182 Å². The van der Waals surface area contributed by atoms with E-state index in [2.05, 4.69) is 0 Å². The van der Waals surface area contributed by atoms with Crippen LogP contribution in [0.4, 0.5) is 5.82 Å². The number of hydrogen-bond donors (Lipinski definition) is 2. The van der Waals surface area contributed by atoms with Gasteiger partial charge in [-0.2, -0.15) is 0 Å².